The standard InChI is InChI=1S/C18H22N2O3S/c1-19(17-8-7-14-5-3-4-6-16(14)13-17)18(21)15-9-11-20(12-10-15)24(2,22)23/h3-8,13,15H,9-12H2,1-2H3. The number of sulfonamides is 1. The van der Waals surface area contributed by atoms with Crippen molar-refractivity contribution in [3.63, 3.8) is 0 Å². The largest absolute Gasteiger partial charge is 0.315 e. The molecule has 2 aromatic carbocycles. The molecular weight excluding hydrogens is 324 g/mol. The number of hydrogen-bond acceptors (Lipinski definition) is 3. The normalized spacial score (nSPS) is 17.1. The van der Waals surface area contributed by atoms with Gasteiger partial charge in [0.15, 0.2) is 0 Å². The lowest BCUT2D eigenvalue weighted by atomic mass is 9.96. The molecule has 1 aliphatic heterocycles. The average molecular weight is 346 g/mol. The van der Waals surface area contributed by atoms with Crippen molar-refractivity contribution in [2.24, 2.45) is 5.92 Å². The van der Waals surface area contributed by atoms with Crippen LogP contribution in [-0.2, 0) is 14.8 Å². The number of carbonyl (C=O) groups excluding carboxylic acids is 1. The van der Waals surface area contributed by atoms with Crippen LogP contribution in [0.2, 0.25) is 0 Å². The molecule has 0 aromatic heterocycles. The summed E-state index contributed by atoms with van der Waals surface area (Å²) in [7, 11) is -1.38. The van der Waals surface area contributed by atoms with E-state index in [4.69, 9.17) is 0 Å². The summed E-state index contributed by atoms with van der Waals surface area (Å²) in [6.07, 6.45) is 2.37. The second kappa shape index (κ2) is 6.53. The van der Waals surface area contributed by atoms with Crippen molar-refractivity contribution in [2.75, 3.05) is 31.3 Å². The molecule has 1 aliphatic rings. The van der Waals surface area contributed by atoms with Crippen LogP contribution in [0.4, 0.5) is 5.69 Å². The maximum Gasteiger partial charge on any atom is 0.229 e. The number of carbonyl (C=O) groups is 1. The van der Waals surface area contributed by atoms with E-state index >= 15 is 0 Å². The molecular formula is C18H22N2O3S. The lowest BCUT2D eigenvalue weighted by molar-refractivity contribution is -0.123. The van der Waals surface area contributed by atoms with Crippen molar-refractivity contribution in [2.45, 2.75) is 12.8 Å². The highest BCUT2D eigenvalue weighted by molar-refractivity contribution is 7.88. The molecule has 6 heteroatoms. The van der Waals surface area contributed by atoms with Gasteiger partial charge in [-0.2, -0.15) is 0 Å². The Morgan fingerprint density at radius 3 is 2.33 bits per heavy atom. The first kappa shape index (κ1) is 16.9. The fourth-order valence-corrected chi connectivity index (χ4v) is 4.09. The van der Waals surface area contributed by atoms with Crippen LogP contribution in [0.25, 0.3) is 10.8 Å². The zero-order valence-corrected chi connectivity index (χ0v) is 14.8. The summed E-state index contributed by atoms with van der Waals surface area (Å²) in [5, 5.41) is 2.24. The highest BCUT2D eigenvalue weighted by atomic mass is 32.2. The molecule has 0 aliphatic carbocycles. The summed E-state index contributed by atoms with van der Waals surface area (Å²) < 4.78 is 24.6. The highest BCUT2D eigenvalue weighted by Gasteiger charge is 2.30. The van der Waals surface area contributed by atoms with Crippen molar-refractivity contribution in [3.05, 3.63) is 42.5 Å². The van der Waals surface area contributed by atoms with Gasteiger partial charge in [-0.3, -0.25) is 4.79 Å². The summed E-state index contributed by atoms with van der Waals surface area (Å²) in [5.41, 5.74) is 0.865. The van der Waals surface area contributed by atoms with Gasteiger partial charge in [0.1, 0.15) is 0 Å². The molecule has 0 spiro atoms. The minimum atomic E-state index is -3.16. The third-order valence-corrected chi connectivity index (χ3v) is 6.03. The van der Waals surface area contributed by atoms with Crippen molar-refractivity contribution >= 4 is 32.4 Å². The zero-order valence-electron chi connectivity index (χ0n) is 14.0. The van der Waals surface area contributed by atoms with Gasteiger partial charge < -0.3 is 4.90 Å². The monoisotopic (exact) mass is 346 g/mol. The Balaban J connectivity index is 1.72. The predicted molar refractivity (Wildman–Crippen MR) is 96.5 cm³/mol. The van der Waals surface area contributed by atoms with Crippen LogP contribution in [0.1, 0.15) is 12.8 Å². The minimum Gasteiger partial charge on any atom is -0.315 e. The Labute approximate surface area is 142 Å². The van der Waals surface area contributed by atoms with E-state index in [0.29, 0.717) is 25.9 Å². The molecule has 24 heavy (non-hydrogen) atoms. The van der Waals surface area contributed by atoms with Crippen molar-refractivity contribution in [1.29, 1.82) is 0 Å². The summed E-state index contributed by atoms with van der Waals surface area (Å²) in [4.78, 5) is 14.4. The Bertz CT molecular complexity index is 855. The van der Waals surface area contributed by atoms with Gasteiger partial charge in [0.05, 0.1) is 6.26 Å². The molecule has 1 amide bonds. The van der Waals surface area contributed by atoms with Gasteiger partial charge in [-0.15, -0.1) is 0 Å². The first-order valence-corrected chi connectivity index (χ1v) is 9.92. The van der Waals surface area contributed by atoms with Crippen LogP contribution in [0, 0.1) is 5.92 Å². The van der Waals surface area contributed by atoms with Crippen LogP contribution in [0.15, 0.2) is 42.5 Å². The van der Waals surface area contributed by atoms with E-state index < -0.39 is 10.0 Å². The van der Waals surface area contributed by atoms with Gasteiger partial charge in [-0.05, 0) is 35.7 Å². The molecule has 1 saturated heterocycles. The Kier molecular flexibility index (Phi) is 4.60. The van der Waals surface area contributed by atoms with Gasteiger partial charge in [0.25, 0.3) is 0 Å². The lowest BCUT2D eigenvalue weighted by Gasteiger charge is -2.31. The fourth-order valence-electron chi connectivity index (χ4n) is 3.22. The number of rotatable bonds is 3. The number of amides is 1. The van der Waals surface area contributed by atoms with Crippen LogP contribution in [0.5, 0.6) is 0 Å². The summed E-state index contributed by atoms with van der Waals surface area (Å²) in [6, 6.07) is 14.0. The van der Waals surface area contributed by atoms with Gasteiger partial charge in [-0.1, -0.05) is 30.3 Å². The molecule has 128 valence electrons. The molecule has 0 saturated carbocycles. The smallest absolute Gasteiger partial charge is 0.229 e. The maximum absolute atomic E-state index is 12.7. The fraction of sp³-hybridized carbons (Fsp3) is 0.389. The molecule has 0 bridgehead atoms. The molecule has 1 fully saturated rings. The van der Waals surface area contributed by atoms with Gasteiger partial charge >= 0.3 is 0 Å². The van der Waals surface area contributed by atoms with Gasteiger partial charge in [-0.25, -0.2) is 12.7 Å². The molecule has 5 nitrogen and oxygen atoms in total. The van der Waals surface area contributed by atoms with E-state index in [-0.39, 0.29) is 11.8 Å². The number of anilines is 1. The third kappa shape index (κ3) is 3.44. The summed E-state index contributed by atoms with van der Waals surface area (Å²) in [5.74, 6) is -0.0714. The highest BCUT2D eigenvalue weighted by Crippen LogP contribution is 2.26. The molecule has 2 aromatic rings. The third-order valence-electron chi connectivity index (χ3n) is 4.72. The quantitative estimate of drug-likeness (QED) is 0.858. The van der Waals surface area contributed by atoms with Crippen LogP contribution in [-0.4, -0.2) is 45.0 Å². The lowest BCUT2D eigenvalue weighted by Crippen LogP contribution is -2.43. The number of piperidine rings is 1. The van der Waals surface area contributed by atoms with Crippen LogP contribution in [0.3, 0.4) is 0 Å². The molecule has 1 heterocycles. The van der Waals surface area contributed by atoms with Crippen LogP contribution < -0.4 is 4.90 Å². The minimum absolute atomic E-state index is 0.0541. The zero-order chi connectivity index (χ0) is 17.3. The number of benzene rings is 2. The van der Waals surface area contributed by atoms with Crippen LogP contribution >= 0.6 is 0 Å². The second-order valence-corrected chi connectivity index (χ2v) is 8.35. The summed E-state index contributed by atoms with van der Waals surface area (Å²) in [6.45, 7) is 0.835. The first-order valence-electron chi connectivity index (χ1n) is 8.08. The van der Waals surface area contributed by atoms with E-state index in [0.717, 1.165) is 16.5 Å². The molecule has 0 N–H and O–H groups in total. The SMILES string of the molecule is CN(C(=O)C1CCN(S(C)(=O)=O)CC1)c1ccc2ccccc2c1. The first-order chi connectivity index (χ1) is 11.4. The number of fused-ring (bicyclic) bond motifs is 1. The summed E-state index contributed by atoms with van der Waals surface area (Å²) >= 11 is 0. The molecule has 0 atom stereocenters. The van der Waals surface area contributed by atoms with Gasteiger partial charge in [0, 0.05) is 31.7 Å². The Morgan fingerprint density at radius 2 is 1.71 bits per heavy atom. The maximum atomic E-state index is 12.7. The van der Waals surface area contributed by atoms with E-state index in [2.05, 4.69) is 0 Å². The topological polar surface area (TPSA) is 57.7 Å². The predicted octanol–water partition coefficient (Wildman–Crippen LogP) is 2.47. The second-order valence-electron chi connectivity index (χ2n) is 6.37. The number of hydrogen-bond donors (Lipinski definition) is 0. The molecule has 0 radical (unpaired) electrons. The molecule has 0 unspecified atom stereocenters. The molecule has 3 rings (SSSR count). The van der Waals surface area contributed by atoms with Crippen molar-refractivity contribution in [3.8, 4) is 0 Å². The average Bonchev–Trinajstić information content (AvgIpc) is 2.59. The van der Waals surface area contributed by atoms with E-state index in [1.165, 1.54) is 10.6 Å². The van der Waals surface area contributed by atoms with E-state index in [9.17, 15) is 13.2 Å². The van der Waals surface area contributed by atoms with Crippen molar-refractivity contribution in [1.82, 2.24) is 4.31 Å². The Hall–Kier alpha value is -1.92. The van der Waals surface area contributed by atoms with E-state index in [1.54, 1.807) is 11.9 Å². The number of nitrogens with zero attached hydrogens (tertiary/aromatic N) is 2. The van der Waals surface area contributed by atoms with E-state index in [1.807, 2.05) is 42.5 Å². The van der Waals surface area contributed by atoms with Crippen molar-refractivity contribution < 1.29 is 13.2 Å². The Morgan fingerprint density at radius 1 is 1.08 bits per heavy atom. The van der Waals surface area contributed by atoms with Gasteiger partial charge in [0.2, 0.25) is 15.9 Å².